The molecule has 1 radical (unpaired) electrons. The molecule has 0 fully saturated rings. The molecule has 0 bridgehead atoms. The molecule has 0 heterocycles. The summed E-state index contributed by atoms with van der Waals surface area (Å²) >= 11 is 0. The van der Waals surface area contributed by atoms with Gasteiger partial charge in [0.25, 0.3) is 0 Å². The second kappa shape index (κ2) is 5.01. The van der Waals surface area contributed by atoms with Crippen LogP contribution in [0.25, 0.3) is 0 Å². The third kappa shape index (κ3) is 3.71. The number of hydrogen-bond donors (Lipinski definition) is 2. The summed E-state index contributed by atoms with van der Waals surface area (Å²) in [5, 5.41) is 2.53. The van der Waals surface area contributed by atoms with Crippen LogP contribution in [0.15, 0.2) is 30.3 Å². The van der Waals surface area contributed by atoms with E-state index in [1.165, 1.54) is 0 Å². The molecule has 0 atom stereocenters. The average molecular weight is 191 g/mol. The fraction of sp³-hybridized carbons (Fsp3) is 0.100. The number of carbonyl (C=O) groups excluding carboxylic acids is 2. The Balaban J connectivity index is 2.34. The lowest BCUT2D eigenvalue weighted by Crippen LogP contribution is -2.28. The lowest BCUT2D eigenvalue weighted by Gasteiger charge is -2.02. The van der Waals surface area contributed by atoms with E-state index < -0.39 is 11.8 Å². The molecule has 14 heavy (non-hydrogen) atoms. The van der Waals surface area contributed by atoms with Gasteiger partial charge in [-0.3, -0.25) is 9.59 Å². The minimum absolute atomic E-state index is 0.392. The summed E-state index contributed by atoms with van der Waals surface area (Å²) in [5.41, 5.74) is 5.78. The molecule has 0 aliphatic rings. The number of amides is 2. The second-order valence-corrected chi connectivity index (χ2v) is 2.75. The number of primary amides is 1. The fourth-order valence-corrected chi connectivity index (χ4v) is 0.965. The first kappa shape index (κ1) is 10.2. The summed E-state index contributed by atoms with van der Waals surface area (Å²) in [5.74, 6) is -1.21. The van der Waals surface area contributed by atoms with Crippen LogP contribution in [0.5, 0.6) is 0 Å². The summed E-state index contributed by atoms with van der Waals surface area (Å²) in [4.78, 5) is 21.3. The molecule has 0 unspecified atom stereocenters. The van der Waals surface area contributed by atoms with Crippen molar-refractivity contribution in [3.8, 4) is 0 Å². The highest BCUT2D eigenvalue weighted by Crippen LogP contribution is 1.96. The van der Waals surface area contributed by atoms with Crippen molar-refractivity contribution in [3.05, 3.63) is 42.3 Å². The zero-order valence-corrected chi connectivity index (χ0v) is 7.57. The Bertz CT molecular complexity index is 322. The number of nitrogens with two attached hydrogens (primary N) is 1. The van der Waals surface area contributed by atoms with Crippen molar-refractivity contribution in [1.29, 1.82) is 0 Å². The maximum atomic E-state index is 11.0. The lowest BCUT2D eigenvalue weighted by atomic mass is 10.2. The number of nitrogens with one attached hydrogen (secondary N) is 1. The van der Waals surface area contributed by atoms with Gasteiger partial charge in [-0.1, -0.05) is 30.3 Å². The molecule has 0 aliphatic carbocycles. The van der Waals surface area contributed by atoms with Crippen molar-refractivity contribution in [1.82, 2.24) is 5.32 Å². The quantitative estimate of drug-likeness (QED) is 0.657. The van der Waals surface area contributed by atoms with Gasteiger partial charge in [-0.05, 0) is 5.56 Å². The standard InChI is InChI=1S/C10H11N2O2/c11-9(13)6-10(14)12-7-8-4-2-1-3-5-8/h1-6H,7H2,(H2,11,13)(H,12,14). The van der Waals surface area contributed by atoms with E-state index >= 15 is 0 Å². The molecular formula is C10H11N2O2. The van der Waals surface area contributed by atoms with E-state index in [0.717, 1.165) is 12.0 Å². The van der Waals surface area contributed by atoms with Crippen LogP contribution in [0, 0.1) is 6.42 Å². The Kier molecular flexibility index (Phi) is 3.67. The number of benzene rings is 1. The minimum Gasteiger partial charge on any atom is -0.369 e. The third-order valence-corrected chi connectivity index (χ3v) is 1.58. The van der Waals surface area contributed by atoms with Crippen molar-refractivity contribution < 1.29 is 9.59 Å². The predicted octanol–water partition coefficient (Wildman–Crippen LogP) is -0.00761. The third-order valence-electron chi connectivity index (χ3n) is 1.58. The van der Waals surface area contributed by atoms with E-state index in [0.29, 0.717) is 6.54 Å². The van der Waals surface area contributed by atoms with Crippen LogP contribution in [0.2, 0.25) is 0 Å². The van der Waals surface area contributed by atoms with Gasteiger partial charge in [0.2, 0.25) is 11.8 Å². The zero-order valence-electron chi connectivity index (χ0n) is 7.57. The SMILES string of the molecule is NC(=O)[CH]C(=O)NCc1ccccc1. The molecule has 1 aromatic rings. The van der Waals surface area contributed by atoms with Crippen molar-refractivity contribution in [3.63, 3.8) is 0 Å². The van der Waals surface area contributed by atoms with E-state index in [9.17, 15) is 9.59 Å². The topological polar surface area (TPSA) is 72.2 Å². The predicted molar refractivity (Wildman–Crippen MR) is 51.8 cm³/mol. The highest BCUT2D eigenvalue weighted by molar-refractivity contribution is 6.07. The maximum absolute atomic E-state index is 11.0. The second-order valence-electron chi connectivity index (χ2n) is 2.75. The van der Waals surface area contributed by atoms with Gasteiger partial charge in [-0.25, -0.2) is 0 Å². The van der Waals surface area contributed by atoms with Crippen molar-refractivity contribution in [2.24, 2.45) is 5.73 Å². The summed E-state index contributed by atoms with van der Waals surface area (Å²) < 4.78 is 0. The van der Waals surface area contributed by atoms with Crippen molar-refractivity contribution in [2.45, 2.75) is 6.54 Å². The molecule has 0 aromatic heterocycles. The van der Waals surface area contributed by atoms with Crippen LogP contribution < -0.4 is 11.1 Å². The van der Waals surface area contributed by atoms with Crippen LogP contribution in [0.4, 0.5) is 0 Å². The van der Waals surface area contributed by atoms with E-state index in [1.54, 1.807) is 0 Å². The van der Waals surface area contributed by atoms with E-state index in [1.807, 2.05) is 30.3 Å². The molecule has 1 aromatic carbocycles. The molecule has 3 N–H and O–H groups in total. The number of rotatable bonds is 4. The Hall–Kier alpha value is -1.84. The lowest BCUT2D eigenvalue weighted by molar-refractivity contribution is -0.122. The average Bonchev–Trinajstić information content (AvgIpc) is 2.15. The van der Waals surface area contributed by atoms with Gasteiger partial charge in [-0.2, -0.15) is 0 Å². The summed E-state index contributed by atoms with van der Waals surface area (Å²) in [7, 11) is 0. The Morgan fingerprint density at radius 2 is 1.93 bits per heavy atom. The van der Waals surface area contributed by atoms with Crippen LogP contribution in [0.3, 0.4) is 0 Å². The Morgan fingerprint density at radius 1 is 1.29 bits per heavy atom. The molecule has 73 valence electrons. The summed E-state index contributed by atoms with van der Waals surface area (Å²) in [6.45, 7) is 0.392. The molecule has 0 saturated heterocycles. The molecule has 1 rings (SSSR count). The largest absolute Gasteiger partial charge is 0.369 e. The number of hydrogen-bond acceptors (Lipinski definition) is 2. The van der Waals surface area contributed by atoms with E-state index in [2.05, 4.69) is 5.32 Å². The Morgan fingerprint density at radius 3 is 2.50 bits per heavy atom. The first-order valence-electron chi connectivity index (χ1n) is 4.14. The van der Waals surface area contributed by atoms with Crippen LogP contribution in [0.1, 0.15) is 5.56 Å². The minimum atomic E-state index is -0.740. The Labute approximate surface area is 82.1 Å². The molecule has 2 amide bonds. The van der Waals surface area contributed by atoms with Gasteiger partial charge >= 0.3 is 0 Å². The van der Waals surface area contributed by atoms with Crippen molar-refractivity contribution >= 4 is 11.8 Å². The smallest absolute Gasteiger partial charge is 0.234 e. The van der Waals surface area contributed by atoms with Gasteiger partial charge in [-0.15, -0.1) is 0 Å². The van der Waals surface area contributed by atoms with Gasteiger partial charge < -0.3 is 11.1 Å². The molecule has 0 saturated carbocycles. The monoisotopic (exact) mass is 191 g/mol. The number of carbonyl (C=O) groups is 2. The van der Waals surface area contributed by atoms with Gasteiger partial charge in [0.15, 0.2) is 0 Å². The van der Waals surface area contributed by atoms with E-state index in [-0.39, 0.29) is 0 Å². The molecular weight excluding hydrogens is 180 g/mol. The van der Waals surface area contributed by atoms with Gasteiger partial charge in [0.05, 0.1) is 0 Å². The van der Waals surface area contributed by atoms with Crippen LogP contribution in [-0.2, 0) is 16.1 Å². The highest BCUT2D eigenvalue weighted by Gasteiger charge is 2.05. The molecule has 0 spiro atoms. The summed E-state index contributed by atoms with van der Waals surface area (Å²) in [6.07, 6.45) is 0.822. The summed E-state index contributed by atoms with van der Waals surface area (Å²) in [6, 6.07) is 9.40. The zero-order chi connectivity index (χ0) is 10.4. The molecule has 4 nitrogen and oxygen atoms in total. The molecule has 4 heteroatoms. The van der Waals surface area contributed by atoms with Crippen LogP contribution in [-0.4, -0.2) is 11.8 Å². The fourth-order valence-electron chi connectivity index (χ4n) is 0.965. The normalized spacial score (nSPS) is 9.43. The maximum Gasteiger partial charge on any atom is 0.234 e. The van der Waals surface area contributed by atoms with Gasteiger partial charge in [0, 0.05) is 6.54 Å². The first-order chi connectivity index (χ1) is 6.68. The highest BCUT2D eigenvalue weighted by atomic mass is 16.2. The first-order valence-corrected chi connectivity index (χ1v) is 4.14. The molecule has 0 aliphatic heterocycles. The van der Waals surface area contributed by atoms with Crippen LogP contribution >= 0.6 is 0 Å². The van der Waals surface area contributed by atoms with Gasteiger partial charge in [0.1, 0.15) is 6.42 Å². The van der Waals surface area contributed by atoms with E-state index in [4.69, 9.17) is 5.73 Å². The van der Waals surface area contributed by atoms with Crippen molar-refractivity contribution in [2.75, 3.05) is 0 Å².